The monoisotopic (exact) mass is 288 g/mol. The number of amides is 1. The molecular formula is C15H20N4O2. The van der Waals surface area contributed by atoms with E-state index in [0.717, 1.165) is 31.6 Å². The highest BCUT2D eigenvalue weighted by molar-refractivity contribution is 5.87. The lowest BCUT2D eigenvalue weighted by Gasteiger charge is -2.45. The number of likely N-dealkylation sites (N-methyl/N-ethyl adjacent to an activating group) is 1. The van der Waals surface area contributed by atoms with Crippen LogP contribution in [0, 0.1) is 11.3 Å². The van der Waals surface area contributed by atoms with Crippen molar-refractivity contribution in [2.24, 2.45) is 0 Å². The molecule has 2 aliphatic rings. The first-order chi connectivity index (χ1) is 10.2. The van der Waals surface area contributed by atoms with Crippen molar-refractivity contribution in [1.29, 1.82) is 5.26 Å². The number of nitrogens with zero attached hydrogens (tertiary/aromatic N) is 4. The Morgan fingerprint density at radius 1 is 1.43 bits per heavy atom. The molecule has 0 saturated carbocycles. The van der Waals surface area contributed by atoms with Crippen LogP contribution in [0.3, 0.4) is 0 Å². The maximum absolute atomic E-state index is 12.7. The minimum absolute atomic E-state index is 0.152. The summed E-state index contributed by atoms with van der Waals surface area (Å²) in [6.07, 6.45) is 4.20. The fraction of sp³-hybridized carbons (Fsp3) is 0.600. The molecule has 1 aromatic rings. The maximum Gasteiger partial charge on any atom is 0.244 e. The molecule has 1 atom stereocenters. The van der Waals surface area contributed by atoms with Crippen molar-refractivity contribution < 1.29 is 9.21 Å². The molecule has 2 aliphatic heterocycles. The molecule has 21 heavy (non-hydrogen) atoms. The lowest BCUT2D eigenvalue weighted by Crippen LogP contribution is -2.66. The smallest absolute Gasteiger partial charge is 0.244 e. The van der Waals surface area contributed by atoms with Crippen LogP contribution in [0.15, 0.2) is 23.0 Å². The summed E-state index contributed by atoms with van der Waals surface area (Å²) < 4.78 is 5.10. The molecule has 0 bridgehead atoms. The Balaban J connectivity index is 1.77. The lowest BCUT2D eigenvalue weighted by molar-refractivity contribution is -0.148. The number of hydrogen-bond donors (Lipinski definition) is 0. The maximum atomic E-state index is 12.7. The predicted molar refractivity (Wildman–Crippen MR) is 76.2 cm³/mol. The molecule has 0 radical (unpaired) electrons. The molecule has 112 valence electrons. The topological polar surface area (TPSA) is 63.7 Å². The van der Waals surface area contributed by atoms with Crippen LogP contribution in [0.25, 0.3) is 0 Å². The molecule has 1 spiro atoms. The minimum atomic E-state index is -0.521. The molecule has 0 aliphatic carbocycles. The fourth-order valence-electron chi connectivity index (χ4n) is 3.47. The Labute approximate surface area is 124 Å². The molecule has 2 fully saturated rings. The van der Waals surface area contributed by atoms with Gasteiger partial charge in [-0.05, 0) is 12.5 Å². The number of nitriles is 1. The van der Waals surface area contributed by atoms with Crippen molar-refractivity contribution in [3.8, 4) is 6.07 Å². The van der Waals surface area contributed by atoms with E-state index in [0.29, 0.717) is 19.6 Å². The second-order valence-corrected chi connectivity index (χ2v) is 5.93. The van der Waals surface area contributed by atoms with E-state index in [9.17, 15) is 4.79 Å². The number of furan rings is 1. The van der Waals surface area contributed by atoms with E-state index >= 15 is 0 Å². The second kappa shape index (κ2) is 5.51. The van der Waals surface area contributed by atoms with Crippen molar-refractivity contribution in [2.75, 3.05) is 39.8 Å². The van der Waals surface area contributed by atoms with Crippen molar-refractivity contribution in [2.45, 2.75) is 18.5 Å². The minimum Gasteiger partial charge on any atom is -0.472 e. The number of piperazine rings is 1. The Morgan fingerprint density at radius 3 is 3.00 bits per heavy atom. The van der Waals surface area contributed by atoms with E-state index < -0.39 is 5.54 Å². The van der Waals surface area contributed by atoms with Gasteiger partial charge in [-0.1, -0.05) is 0 Å². The molecular weight excluding hydrogens is 268 g/mol. The highest BCUT2D eigenvalue weighted by Crippen LogP contribution is 2.33. The van der Waals surface area contributed by atoms with Gasteiger partial charge < -0.3 is 9.32 Å². The van der Waals surface area contributed by atoms with Crippen molar-refractivity contribution >= 4 is 5.91 Å². The molecule has 0 unspecified atom stereocenters. The quantitative estimate of drug-likeness (QED) is 0.759. The lowest BCUT2D eigenvalue weighted by atomic mass is 9.91. The van der Waals surface area contributed by atoms with Crippen molar-refractivity contribution in [3.05, 3.63) is 24.2 Å². The van der Waals surface area contributed by atoms with Gasteiger partial charge in [-0.2, -0.15) is 5.26 Å². The number of hydrogen-bond acceptors (Lipinski definition) is 5. The zero-order chi connectivity index (χ0) is 14.9. The van der Waals surface area contributed by atoms with Gasteiger partial charge in [-0.3, -0.25) is 14.6 Å². The number of likely N-dealkylation sites (tertiary alicyclic amines) is 1. The van der Waals surface area contributed by atoms with Crippen LogP contribution in [0.1, 0.15) is 12.0 Å². The summed E-state index contributed by atoms with van der Waals surface area (Å²) in [4.78, 5) is 18.8. The van der Waals surface area contributed by atoms with Crippen LogP contribution in [-0.4, -0.2) is 65.9 Å². The third kappa shape index (κ3) is 2.43. The van der Waals surface area contributed by atoms with Gasteiger partial charge >= 0.3 is 0 Å². The summed E-state index contributed by atoms with van der Waals surface area (Å²) in [5.74, 6) is 0.152. The summed E-state index contributed by atoms with van der Waals surface area (Å²) in [5.41, 5.74) is 0.599. The summed E-state index contributed by atoms with van der Waals surface area (Å²) in [7, 11) is 1.85. The van der Waals surface area contributed by atoms with Crippen LogP contribution in [0.5, 0.6) is 0 Å². The van der Waals surface area contributed by atoms with Crippen LogP contribution < -0.4 is 0 Å². The van der Waals surface area contributed by atoms with E-state index in [-0.39, 0.29) is 5.91 Å². The van der Waals surface area contributed by atoms with Gasteiger partial charge in [0.05, 0.1) is 25.1 Å². The summed E-state index contributed by atoms with van der Waals surface area (Å²) in [6.45, 7) is 4.13. The average molecular weight is 288 g/mol. The highest BCUT2D eigenvalue weighted by Gasteiger charge is 2.52. The van der Waals surface area contributed by atoms with Gasteiger partial charge in [0.2, 0.25) is 5.91 Å². The summed E-state index contributed by atoms with van der Waals surface area (Å²) in [5, 5.41) is 9.05. The zero-order valence-corrected chi connectivity index (χ0v) is 12.3. The molecule has 0 N–H and O–H groups in total. The third-order valence-corrected chi connectivity index (χ3v) is 4.63. The van der Waals surface area contributed by atoms with Crippen LogP contribution in [-0.2, 0) is 11.3 Å². The molecule has 2 saturated heterocycles. The first kappa shape index (κ1) is 14.1. The largest absolute Gasteiger partial charge is 0.472 e. The van der Waals surface area contributed by atoms with E-state index in [2.05, 4.69) is 15.9 Å². The van der Waals surface area contributed by atoms with Crippen LogP contribution >= 0.6 is 0 Å². The number of carbonyl (C=O) groups excluding carboxylic acids is 1. The summed E-state index contributed by atoms with van der Waals surface area (Å²) in [6, 6.07) is 4.16. The van der Waals surface area contributed by atoms with Gasteiger partial charge in [0.15, 0.2) is 0 Å². The second-order valence-electron chi connectivity index (χ2n) is 5.93. The Bertz CT molecular complexity index is 551. The van der Waals surface area contributed by atoms with Crippen LogP contribution in [0.4, 0.5) is 0 Å². The molecule has 3 heterocycles. The Morgan fingerprint density at radius 2 is 2.29 bits per heavy atom. The van der Waals surface area contributed by atoms with Gasteiger partial charge in [-0.25, -0.2) is 0 Å². The normalized spacial score (nSPS) is 27.4. The third-order valence-electron chi connectivity index (χ3n) is 4.63. The fourth-order valence-corrected chi connectivity index (χ4v) is 3.47. The molecule has 1 amide bonds. The molecule has 6 nitrogen and oxygen atoms in total. The Kier molecular flexibility index (Phi) is 3.70. The highest BCUT2D eigenvalue weighted by atomic mass is 16.3. The first-order valence-electron chi connectivity index (χ1n) is 7.27. The predicted octanol–water partition coefficient (Wildman–Crippen LogP) is 0.522. The van der Waals surface area contributed by atoms with E-state index in [1.54, 1.807) is 17.4 Å². The van der Waals surface area contributed by atoms with E-state index in [1.807, 2.05) is 13.1 Å². The van der Waals surface area contributed by atoms with Crippen molar-refractivity contribution in [1.82, 2.24) is 14.7 Å². The number of rotatable bonds is 3. The van der Waals surface area contributed by atoms with E-state index in [4.69, 9.17) is 9.68 Å². The zero-order valence-electron chi connectivity index (χ0n) is 12.3. The number of carbonyl (C=O) groups is 1. The Hall–Kier alpha value is -1.84. The molecule has 0 aromatic carbocycles. The van der Waals surface area contributed by atoms with Gasteiger partial charge in [0.1, 0.15) is 5.54 Å². The van der Waals surface area contributed by atoms with Gasteiger partial charge in [-0.15, -0.1) is 0 Å². The van der Waals surface area contributed by atoms with Crippen molar-refractivity contribution in [3.63, 3.8) is 0 Å². The van der Waals surface area contributed by atoms with Gasteiger partial charge in [0, 0.05) is 45.3 Å². The van der Waals surface area contributed by atoms with Crippen LogP contribution in [0.2, 0.25) is 0 Å². The molecule has 3 rings (SSSR count). The van der Waals surface area contributed by atoms with E-state index in [1.165, 1.54) is 0 Å². The standard InChI is InChI=1S/C15H20N4O2/c1-17-7-8-19(6-4-16)15(14(17)20)3-5-18(12-15)10-13-2-9-21-11-13/h2,9,11H,3,5-8,10,12H2,1H3/t15-/m0/s1. The average Bonchev–Trinajstić information content (AvgIpc) is 3.12. The summed E-state index contributed by atoms with van der Waals surface area (Å²) >= 11 is 0. The van der Waals surface area contributed by atoms with Gasteiger partial charge in [0.25, 0.3) is 0 Å². The molecule has 1 aromatic heterocycles. The first-order valence-corrected chi connectivity index (χ1v) is 7.27. The SMILES string of the molecule is CN1CCN(CC#N)[C@]2(CCN(Cc3ccoc3)C2)C1=O. The molecule has 6 heteroatoms.